The van der Waals surface area contributed by atoms with Gasteiger partial charge in [-0.25, -0.2) is 4.79 Å². The van der Waals surface area contributed by atoms with Gasteiger partial charge in [-0.05, 0) is 48.5 Å². The van der Waals surface area contributed by atoms with E-state index in [0.717, 1.165) is 34.6 Å². The van der Waals surface area contributed by atoms with Crippen molar-refractivity contribution in [1.82, 2.24) is 14.9 Å². The number of hydrogen-bond donors (Lipinski definition) is 2. The van der Waals surface area contributed by atoms with Gasteiger partial charge in [-0.3, -0.25) is 14.9 Å². The Morgan fingerprint density at radius 1 is 0.947 bits per heavy atom. The Bertz CT molecular complexity index is 1460. The van der Waals surface area contributed by atoms with Gasteiger partial charge in [0.15, 0.2) is 0 Å². The largest absolute Gasteiger partial charge is 0.495 e. The molecule has 0 unspecified atom stereocenters. The fourth-order valence-electron chi connectivity index (χ4n) is 4.30. The molecule has 0 bridgehead atoms. The zero-order valence-electron chi connectivity index (χ0n) is 21.0. The fourth-order valence-corrected chi connectivity index (χ4v) is 4.30. The van der Waals surface area contributed by atoms with Crippen molar-refractivity contribution in [3.05, 3.63) is 108 Å². The van der Waals surface area contributed by atoms with Crippen molar-refractivity contribution in [1.29, 1.82) is 0 Å². The van der Waals surface area contributed by atoms with Crippen molar-refractivity contribution in [3.63, 3.8) is 0 Å². The molecule has 3 heterocycles. The fraction of sp³-hybridized carbons (Fsp3) is 0.167. The first-order valence-electron chi connectivity index (χ1n) is 12.3. The third-order valence-corrected chi connectivity index (χ3v) is 6.22. The quantitative estimate of drug-likeness (QED) is 0.234. The lowest BCUT2D eigenvalue weighted by atomic mass is 10.1. The Hall–Kier alpha value is -4.69. The van der Waals surface area contributed by atoms with Crippen molar-refractivity contribution in [2.24, 2.45) is 0 Å². The van der Waals surface area contributed by atoms with E-state index >= 15 is 0 Å². The normalized spacial score (nSPS) is 11.1. The summed E-state index contributed by atoms with van der Waals surface area (Å²) in [5.41, 5.74) is 4.59. The van der Waals surface area contributed by atoms with E-state index in [1.807, 2.05) is 67.0 Å². The molecule has 8 heteroatoms. The monoisotopic (exact) mass is 508 g/mol. The summed E-state index contributed by atoms with van der Waals surface area (Å²) in [5.74, 6) is 0.417. The topological polar surface area (TPSA) is 101 Å². The third kappa shape index (κ3) is 5.99. The lowest BCUT2D eigenvalue weighted by Crippen LogP contribution is -2.29. The second-order valence-corrected chi connectivity index (χ2v) is 8.86. The van der Waals surface area contributed by atoms with Gasteiger partial charge in [0.2, 0.25) is 0 Å². The van der Waals surface area contributed by atoms with E-state index in [2.05, 4.69) is 20.2 Å². The summed E-state index contributed by atoms with van der Waals surface area (Å²) in [5, 5.41) is 13.5. The molecule has 0 aliphatic carbocycles. The molecule has 8 nitrogen and oxygen atoms in total. The molecule has 192 valence electrons. The molecule has 0 atom stereocenters. The van der Waals surface area contributed by atoms with Gasteiger partial charge in [0.1, 0.15) is 17.1 Å². The maximum Gasteiger partial charge on any atom is 0.335 e. The zero-order chi connectivity index (χ0) is 26.3. The van der Waals surface area contributed by atoms with Gasteiger partial charge >= 0.3 is 5.97 Å². The summed E-state index contributed by atoms with van der Waals surface area (Å²) in [6, 6.07) is 24.3. The number of methoxy groups -OCH3 is 1. The van der Waals surface area contributed by atoms with Gasteiger partial charge in [-0.2, -0.15) is 0 Å². The minimum atomic E-state index is -0.958. The molecule has 5 rings (SSSR count). The molecule has 0 saturated carbocycles. The van der Waals surface area contributed by atoms with Crippen LogP contribution in [-0.4, -0.2) is 46.1 Å². The molecule has 0 spiro atoms. The predicted molar refractivity (Wildman–Crippen MR) is 146 cm³/mol. The molecule has 0 aliphatic heterocycles. The zero-order valence-corrected chi connectivity index (χ0v) is 21.0. The van der Waals surface area contributed by atoms with Gasteiger partial charge in [-0.1, -0.05) is 24.3 Å². The van der Waals surface area contributed by atoms with Gasteiger partial charge in [-0.15, -0.1) is 0 Å². The van der Waals surface area contributed by atoms with E-state index in [1.54, 1.807) is 31.4 Å². The number of anilines is 1. The molecule has 38 heavy (non-hydrogen) atoms. The van der Waals surface area contributed by atoms with Crippen molar-refractivity contribution in [3.8, 4) is 17.1 Å². The number of aromatic nitrogens is 2. The number of aromatic carboxylic acids is 1. The predicted octanol–water partition coefficient (Wildman–Crippen LogP) is 5.71. The number of furan rings is 1. The van der Waals surface area contributed by atoms with E-state index in [0.29, 0.717) is 36.7 Å². The van der Waals surface area contributed by atoms with E-state index in [-0.39, 0.29) is 5.56 Å². The molecule has 3 aromatic heterocycles. The summed E-state index contributed by atoms with van der Waals surface area (Å²) in [4.78, 5) is 22.4. The SMILES string of the molecule is COc1cc2cc(-c3ccc(C(=O)O)cc3)oc2cc1NCCN(Cc1ccccn1)Cc1ccccn1. The van der Waals surface area contributed by atoms with Gasteiger partial charge in [0.05, 0.1) is 29.7 Å². The van der Waals surface area contributed by atoms with Crippen molar-refractivity contribution < 1.29 is 19.1 Å². The number of carbonyl (C=O) groups is 1. The summed E-state index contributed by atoms with van der Waals surface area (Å²) in [6.45, 7) is 2.84. The molecule has 0 radical (unpaired) electrons. The molecule has 0 fully saturated rings. The Morgan fingerprint density at radius 2 is 1.63 bits per heavy atom. The number of nitrogens with one attached hydrogen (secondary N) is 1. The second kappa shape index (κ2) is 11.6. The van der Waals surface area contributed by atoms with E-state index in [9.17, 15) is 4.79 Å². The summed E-state index contributed by atoms with van der Waals surface area (Å²) >= 11 is 0. The first-order chi connectivity index (χ1) is 18.6. The Balaban J connectivity index is 1.31. The maximum absolute atomic E-state index is 11.2. The smallest absolute Gasteiger partial charge is 0.335 e. The minimum absolute atomic E-state index is 0.234. The molecule has 0 saturated heterocycles. The van der Waals surface area contributed by atoms with E-state index in [1.165, 1.54) is 0 Å². The van der Waals surface area contributed by atoms with Crippen LogP contribution in [0.2, 0.25) is 0 Å². The first kappa shape index (κ1) is 25.0. The number of carboxylic acids is 1. The highest BCUT2D eigenvalue weighted by atomic mass is 16.5. The van der Waals surface area contributed by atoms with Crippen molar-refractivity contribution >= 4 is 22.6 Å². The highest BCUT2D eigenvalue weighted by molar-refractivity contribution is 5.90. The third-order valence-electron chi connectivity index (χ3n) is 6.22. The van der Waals surface area contributed by atoms with Gasteiger partial charge in [0.25, 0.3) is 0 Å². The van der Waals surface area contributed by atoms with E-state index in [4.69, 9.17) is 14.3 Å². The van der Waals surface area contributed by atoms with Crippen molar-refractivity contribution in [2.45, 2.75) is 13.1 Å². The molecule has 2 N–H and O–H groups in total. The van der Waals surface area contributed by atoms with Crippen LogP contribution in [0.25, 0.3) is 22.3 Å². The van der Waals surface area contributed by atoms with Crippen LogP contribution in [-0.2, 0) is 13.1 Å². The highest BCUT2D eigenvalue weighted by Crippen LogP contribution is 2.35. The van der Waals surface area contributed by atoms with Crippen LogP contribution >= 0.6 is 0 Å². The molecule has 0 amide bonds. The molecular weight excluding hydrogens is 480 g/mol. The lowest BCUT2D eigenvalue weighted by Gasteiger charge is -2.22. The van der Waals surface area contributed by atoms with Gasteiger partial charge < -0.3 is 19.6 Å². The Labute approximate surface area is 220 Å². The van der Waals surface area contributed by atoms with Crippen LogP contribution in [0, 0.1) is 0 Å². The average Bonchev–Trinajstić information content (AvgIpc) is 3.36. The summed E-state index contributed by atoms with van der Waals surface area (Å²) in [6.07, 6.45) is 3.62. The van der Waals surface area contributed by atoms with Crippen LogP contribution in [0.5, 0.6) is 5.75 Å². The van der Waals surface area contributed by atoms with Crippen LogP contribution in [0.15, 0.2) is 95.7 Å². The number of nitrogens with zero attached hydrogens (tertiary/aromatic N) is 3. The number of hydrogen-bond acceptors (Lipinski definition) is 7. The minimum Gasteiger partial charge on any atom is -0.495 e. The van der Waals surface area contributed by atoms with Crippen LogP contribution in [0.1, 0.15) is 21.7 Å². The standard InChI is InChI=1S/C30H28N4O4/c1-37-29-17-23-16-27(21-8-10-22(11-9-21)30(35)36)38-28(23)18-26(29)33-14-15-34(19-24-6-2-4-12-31-24)20-25-7-3-5-13-32-25/h2-13,16-18,33H,14-15,19-20H2,1H3,(H,35,36). The number of ether oxygens (including phenoxy) is 1. The van der Waals surface area contributed by atoms with Crippen LogP contribution < -0.4 is 10.1 Å². The number of carboxylic acid groups (broad SMARTS) is 1. The molecule has 2 aromatic carbocycles. The van der Waals surface area contributed by atoms with Crippen LogP contribution in [0.3, 0.4) is 0 Å². The number of rotatable bonds is 11. The van der Waals surface area contributed by atoms with Crippen LogP contribution in [0.4, 0.5) is 5.69 Å². The van der Waals surface area contributed by atoms with Crippen molar-refractivity contribution in [2.75, 3.05) is 25.5 Å². The number of pyridine rings is 2. The molecular formula is C30H28N4O4. The summed E-state index contributed by atoms with van der Waals surface area (Å²) in [7, 11) is 1.65. The maximum atomic E-state index is 11.2. The Kier molecular flexibility index (Phi) is 7.61. The molecule has 5 aromatic rings. The number of fused-ring (bicyclic) bond motifs is 1. The van der Waals surface area contributed by atoms with E-state index < -0.39 is 5.97 Å². The average molecular weight is 509 g/mol. The molecule has 0 aliphatic rings. The van der Waals surface area contributed by atoms with Gasteiger partial charge in [0, 0.05) is 55.6 Å². The second-order valence-electron chi connectivity index (χ2n) is 8.86. The summed E-state index contributed by atoms with van der Waals surface area (Å²) < 4.78 is 11.8. The first-order valence-corrected chi connectivity index (χ1v) is 12.3. The highest BCUT2D eigenvalue weighted by Gasteiger charge is 2.14. The number of benzene rings is 2. The Morgan fingerprint density at radius 3 is 2.21 bits per heavy atom. The lowest BCUT2D eigenvalue weighted by molar-refractivity contribution is 0.0697.